The molecule has 0 aliphatic carbocycles. The van der Waals surface area contributed by atoms with Gasteiger partial charge in [0.1, 0.15) is 5.60 Å². The molecule has 0 spiro atoms. The zero-order chi connectivity index (χ0) is 16.4. The molecular weight excluding hydrogens is 389 g/mol. The van der Waals surface area contributed by atoms with E-state index in [1.807, 2.05) is 19.0 Å². The Morgan fingerprint density at radius 2 is 2.05 bits per heavy atom. The minimum Gasteiger partial charge on any atom is -0.443 e. The molecule has 0 unspecified atom stereocenters. The van der Waals surface area contributed by atoms with E-state index < -0.39 is 16.6 Å². The number of nitro groups is 1. The van der Waals surface area contributed by atoms with Crippen LogP contribution in [0.15, 0.2) is 12.1 Å². The Hall–Kier alpha value is -1.58. The van der Waals surface area contributed by atoms with Gasteiger partial charge in [0.25, 0.3) is 5.69 Å². The zero-order valence-corrected chi connectivity index (χ0v) is 14.5. The molecule has 0 atom stereocenters. The summed E-state index contributed by atoms with van der Waals surface area (Å²) < 4.78 is 5.79. The number of primary amides is 1. The molecule has 0 aromatic heterocycles. The number of carbonyl (C=O) groups is 1. The summed E-state index contributed by atoms with van der Waals surface area (Å²) in [4.78, 5) is 23.6. The van der Waals surface area contributed by atoms with Gasteiger partial charge in [0.05, 0.1) is 10.6 Å². The summed E-state index contributed by atoms with van der Waals surface area (Å²) in [5.74, 6) is 0. The fourth-order valence-corrected chi connectivity index (χ4v) is 2.95. The van der Waals surface area contributed by atoms with Crippen LogP contribution in [0.5, 0.6) is 0 Å². The lowest BCUT2D eigenvalue weighted by Crippen LogP contribution is -2.33. The summed E-state index contributed by atoms with van der Waals surface area (Å²) in [7, 11) is 3.72. The molecule has 2 N–H and O–H groups in total. The SMILES string of the molecule is CN(C)c1cc(CC(C)(C)OC(N)=O)c([N+](=O)[O-])cc1I. The highest BCUT2D eigenvalue weighted by Gasteiger charge is 2.28. The highest BCUT2D eigenvalue weighted by Crippen LogP contribution is 2.32. The Morgan fingerprint density at radius 1 is 1.48 bits per heavy atom. The minimum atomic E-state index is -0.924. The summed E-state index contributed by atoms with van der Waals surface area (Å²) >= 11 is 2.06. The summed E-state index contributed by atoms with van der Waals surface area (Å²) in [5, 5.41) is 11.2. The molecule has 0 saturated carbocycles. The maximum absolute atomic E-state index is 11.2. The van der Waals surface area contributed by atoms with Crippen molar-refractivity contribution in [3.8, 4) is 0 Å². The lowest BCUT2D eigenvalue weighted by Gasteiger charge is -2.25. The van der Waals surface area contributed by atoms with Crippen LogP contribution in [0.1, 0.15) is 19.4 Å². The number of benzene rings is 1. The van der Waals surface area contributed by atoms with Crippen molar-refractivity contribution >= 4 is 40.1 Å². The van der Waals surface area contributed by atoms with Crippen molar-refractivity contribution in [2.75, 3.05) is 19.0 Å². The minimum absolute atomic E-state index is 0.00569. The van der Waals surface area contributed by atoms with E-state index in [-0.39, 0.29) is 12.1 Å². The number of anilines is 1. The standard InChI is InChI=1S/C13H18IN3O4/c1-13(2,21-12(15)18)7-8-5-11(16(3)4)9(14)6-10(8)17(19)20/h5-6H,7H2,1-4H3,(H2,15,18). The molecule has 1 rings (SSSR count). The van der Waals surface area contributed by atoms with Crippen molar-refractivity contribution in [2.24, 2.45) is 5.73 Å². The van der Waals surface area contributed by atoms with Gasteiger partial charge in [-0.1, -0.05) is 0 Å². The molecule has 1 amide bonds. The van der Waals surface area contributed by atoms with Gasteiger partial charge in [-0.05, 0) is 42.5 Å². The molecule has 8 heteroatoms. The number of nitro benzene ring substituents is 1. The Labute approximate surface area is 136 Å². The predicted molar refractivity (Wildman–Crippen MR) is 88.6 cm³/mol. The van der Waals surface area contributed by atoms with E-state index in [0.717, 1.165) is 9.26 Å². The molecule has 0 fully saturated rings. The molecule has 21 heavy (non-hydrogen) atoms. The first kappa shape index (κ1) is 17.5. The highest BCUT2D eigenvalue weighted by atomic mass is 127. The molecule has 0 aliphatic heterocycles. The molecule has 116 valence electrons. The third-order valence-corrected chi connectivity index (χ3v) is 3.68. The second kappa shape index (κ2) is 6.46. The van der Waals surface area contributed by atoms with E-state index >= 15 is 0 Å². The molecule has 7 nitrogen and oxygen atoms in total. The van der Waals surface area contributed by atoms with Crippen molar-refractivity contribution in [1.82, 2.24) is 0 Å². The average molecular weight is 407 g/mol. The van der Waals surface area contributed by atoms with Gasteiger partial charge in [-0.15, -0.1) is 0 Å². The van der Waals surface area contributed by atoms with Crippen molar-refractivity contribution in [2.45, 2.75) is 25.9 Å². The first-order chi connectivity index (χ1) is 9.53. The van der Waals surface area contributed by atoms with Crippen LogP contribution in [0.3, 0.4) is 0 Å². The largest absolute Gasteiger partial charge is 0.443 e. The maximum atomic E-state index is 11.2. The topological polar surface area (TPSA) is 98.7 Å². The van der Waals surface area contributed by atoms with E-state index in [9.17, 15) is 14.9 Å². The molecule has 0 bridgehead atoms. The van der Waals surface area contributed by atoms with Crippen LogP contribution >= 0.6 is 22.6 Å². The Morgan fingerprint density at radius 3 is 2.48 bits per heavy atom. The summed E-state index contributed by atoms with van der Waals surface area (Å²) in [5.41, 5.74) is 5.47. The van der Waals surface area contributed by atoms with Crippen LogP contribution in [0.25, 0.3) is 0 Å². The monoisotopic (exact) mass is 407 g/mol. The zero-order valence-electron chi connectivity index (χ0n) is 12.3. The lowest BCUT2D eigenvalue weighted by molar-refractivity contribution is -0.385. The van der Waals surface area contributed by atoms with Crippen LogP contribution in [0.4, 0.5) is 16.2 Å². The number of amides is 1. The molecular formula is C13H18IN3O4. The Bertz CT molecular complexity index is 573. The van der Waals surface area contributed by atoms with Gasteiger partial charge in [-0.2, -0.15) is 0 Å². The Kier molecular flexibility index (Phi) is 5.37. The van der Waals surface area contributed by atoms with E-state index in [0.29, 0.717) is 5.56 Å². The number of nitrogens with two attached hydrogens (primary N) is 1. The third-order valence-electron chi connectivity index (χ3n) is 2.82. The number of hydrogen-bond donors (Lipinski definition) is 1. The highest BCUT2D eigenvalue weighted by molar-refractivity contribution is 14.1. The van der Waals surface area contributed by atoms with E-state index in [1.165, 1.54) is 6.07 Å². The molecule has 0 radical (unpaired) electrons. The number of carbonyl (C=O) groups excluding carboxylic acids is 1. The van der Waals surface area contributed by atoms with Crippen molar-refractivity contribution in [3.05, 3.63) is 31.4 Å². The summed E-state index contributed by atoms with van der Waals surface area (Å²) in [6.07, 6.45) is -0.703. The van der Waals surface area contributed by atoms with Gasteiger partial charge in [0, 0.05) is 35.7 Å². The molecule has 1 aromatic rings. The van der Waals surface area contributed by atoms with Crippen molar-refractivity contribution in [1.29, 1.82) is 0 Å². The number of halogens is 1. The van der Waals surface area contributed by atoms with Gasteiger partial charge in [0.2, 0.25) is 0 Å². The summed E-state index contributed by atoms with van der Waals surface area (Å²) in [6, 6.07) is 3.26. The van der Waals surface area contributed by atoms with Crippen LogP contribution in [-0.2, 0) is 11.2 Å². The maximum Gasteiger partial charge on any atom is 0.405 e. The quantitative estimate of drug-likeness (QED) is 0.460. The van der Waals surface area contributed by atoms with Crippen LogP contribution in [0, 0.1) is 13.7 Å². The second-order valence-electron chi connectivity index (χ2n) is 5.44. The van der Waals surface area contributed by atoms with E-state index in [1.54, 1.807) is 19.9 Å². The van der Waals surface area contributed by atoms with Crippen LogP contribution in [-0.4, -0.2) is 30.7 Å². The van der Waals surface area contributed by atoms with Gasteiger partial charge < -0.3 is 15.4 Å². The third kappa shape index (κ3) is 4.73. The van der Waals surface area contributed by atoms with Gasteiger partial charge in [0.15, 0.2) is 0 Å². The van der Waals surface area contributed by atoms with Crippen molar-refractivity contribution < 1.29 is 14.5 Å². The first-order valence-electron chi connectivity index (χ1n) is 6.16. The number of rotatable bonds is 5. The smallest absolute Gasteiger partial charge is 0.405 e. The fourth-order valence-electron chi connectivity index (χ4n) is 2.02. The van der Waals surface area contributed by atoms with Crippen LogP contribution < -0.4 is 10.6 Å². The van der Waals surface area contributed by atoms with E-state index in [2.05, 4.69) is 22.6 Å². The molecule has 0 aliphatic rings. The van der Waals surface area contributed by atoms with Crippen molar-refractivity contribution in [3.63, 3.8) is 0 Å². The molecule has 0 saturated heterocycles. The molecule has 0 heterocycles. The predicted octanol–water partition coefficient (Wildman–Crippen LogP) is 2.68. The lowest BCUT2D eigenvalue weighted by atomic mass is 9.96. The first-order valence-corrected chi connectivity index (χ1v) is 7.24. The summed E-state index contributed by atoms with van der Waals surface area (Å²) in [6.45, 7) is 3.32. The number of hydrogen-bond acceptors (Lipinski definition) is 5. The number of nitrogens with zero attached hydrogens (tertiary/aromatic N) is 2. The van der Waals surface area contributed by atoms with Crippen LogP contribution in [0.2, 0.25) is 0 Å². The van der Waals surface area contributed by atoms with Gasteiger partial charge in [-0.3, -0.25) is 10.1 Å². The molecule has 1 aromatic carbocycles. The fraction of sp³-hybridized carbons (Fsp3) is 0.462. The normalized spacial score (nSPS) is 11.1. The van der Waals surface area contributed by atoms with Gasteiger partial charge >= 0.3 is 6.09 Å². The van der Waals surface area contributed by atoms with E-state index in [4.69, 9.17) is 10.5 Å². The average Bonchev–Trinajstić information content (AvgIpc) is 2.27. The Balaban J connectivity index is 3.29. The number of ether oxygens (including phenoxy) is 1. The van der Waals surface area contributed by atoms with Gasteiger partial charge in [-0.25, -0.2) is 4.79 Å². The second-order valence-corrected chi connectivity index (χ2v) is 6.60.